The first-order valence-corrected chi connectivity index (χ1v) is 7.69. The Morgan fingerprint density at radius 3 is 2.00 bits per heavy atom. The van der Waals surface area contributed by atoms with Crippen molar-refractivity contribution in [2.75, 3.05) is 31.1 Å². The zero-order valence-electron chi connectivity index (χ0n) is 12.9. The van der Waals surface area contributed by atoms with Crippen LogP contribution >= 0.6 is 0 Å². The SMILES string of the molecule is N=C(c1ccc(C(N)=O)cc1)N1CCN(c2ccccc2)CC1. The first-order chi connectivity index (χ1) is 11.1. The number of hydrogen-bond acceptors (Lipinski definition) is 3. The molecule has 0 radical (unpaired) electrons. The van der Waals surface area contributed by atoms with Crippen LogP contribution in [0.3, 0.4) is 0 Å². The molecule has 23 heavy (non-hydrogen) atoms. The Hall–Kier alpha value is -2.82. The molecule has 1 aliphatic heterocycles. The second-order valence-electron chi connectivity index (χ2n) is 5.60. The highest BCUT2D eigenvalue weighted by Crippen LogP contribution is 2.17. The monoisotopic (exact) mass is 308 g/mol. The van der Waals surface area contributed by atoms with Crippen molar-refractivity contribution in [3.05, 3.63) is 65.7 Å². The lowest BCUT2D eigenvalue weighted by atomic mass is 10.1. The van der Waals surface area contributed by atoms with E-state index in [1.165, 1.54) is 5.69 Å². The molecule has 2 aromatic carbocycles. The molecule has 3 N–H and O–H groups in total. The Morgan fingerprint density at radius 1 is 0.870 bits per heavy atom. The lowest BCUT2D eigenvalue weighted by molar-refractivity contribution is 0.100. The van der Waals surface area contributed by atoms with Crippen LogP contribution in [0.1, 0.15) is 15.9 Å². The largest absolute Gasteiger partial charge is 0.368 e. The van der Waals surface area contributed by atoms with Gasteiger partial charge in [0.2, 0.25) is 5.91 Å². The fourth-order valence-electron chi connectivity index (χ4n) is 2.80. The third kappa shape index (κ3) is 3.34. The van der Waals surface area contributed by atoms with Crippen molar-refractivity contribution in [3.63, 3.8) is 0 Å². The fraction of sp³-hybridized carbons (Fsp3) is 0.222. The van der Waals surface area contributed by atoms with Gasteiger partial charge in [0.25, 0.3) is 0 Å². The Balaban J connectivity index is 1.63. The number of carbonyl (C=O) groups excluding carboxylic acids is 1. The number of amidine groups is 1. The quantitative estimate of drug-likeness (QED) is 0.672. The van der Waals surface area contributed by atoms with Crippen LogP contribution in [0.2, 0.25) is 0 Å². The summed E-state index contributed by atoms with van der Waals surface area (Å²) < 4.78 is 0. The number of piperazine rings is 1. The van der Waals surface area contributed by atoms with Gasteiger partial charge in [-0.25, -0.2) is 0 Å². The van der Waals surface area contributed by atoms with E-state index in [9.17, 15) is 4.79 Å². The number of anilines is 1. The van der Waals surface area contributed by atoms with Gasteiger partial charge in [-0.2, -0.15) is 0 Å². The number of nitrogens with two attached hydrogens (primary N) is 1. The van der Waals surface area contributed by atoms with Crippen LogP contribution in [0.5, 0.6) is 0 Å². The normalized spacial score (nSPS) is 14.6. The number of rotatable bonds is 3. The summed E-state index contributed by atoms with van der Waals surface area (Å²) >= 11 is 0. The van der Waals surface area contributed by atoms with E-state index in [1.807, 2.05) is 18.2 Å². The molecule has 5 heteroatoms. The summed E-state index contributed by atoms with van der Waals surface area (Å²) in [5.74, 6) is 0.0493. The first kappa shape index (κ1) is 15.1. The van der Waals surface area contributed by atoms with Gasteiger partial charge in [0.15, 0.2) is 0 Å². The maximum absolute atomic E-state index is 11.1. The summed E-state index contributed by atoms with van der Waals surface area (Å²) in [5, 5.41) is 8.36. The Labute approximate surface area is 135 Å². The molecule has 0 unspecified atom stereocenters. The number of benzene rings is 2. The molecular weight excluding hydrogens is 288 g/mol. The molecule has 0 aromatic heterocycles. The van der Waals surface area contributed by atoms with Crippen LogP contribution in [-0.2, 0) is 0 Å². The molecule has 1 fully saturated rings. The van der Waals surface area contributed by atoms with E-state index in [0.29, 0.717) is 11.4 Å². The minimum Gasteiger partial charge on any atom is -0.368 e. The van der Waals surface area contributed by atoms with Crippen LogP contribution in [0.25, 0.3) is 0 Å². The molecule has 1 aliphatic rings. The van der Waals surface area contributed by atoms with Crippen molar-refractivity contribution in [1.82, 2.24) is 4.90 Å². The van der Waals surface area contributed by atoms with Crippen molar-refractivity contribution in [2.24, 2.45) is 5.73 Å². The lowest BCUT2D eigenvalue weighted by Crippen LogP contribution is -2.48. The number of carbonyl (C=O) groups is 1. The minimum absolute atomic E-state index is 0.445. The molecule has 1 saturated heterocycles. The smallest absolute Gasteiger partial charge is 0.248 e. The first-order valence-electron chi connectivity index (χ1n) is 7.69. The van der Waals surface area contributed by atoms with Crippen molar-refractivity contribution in [1.29, 1.82) is 5.41 Å². The van der Waals surface area contributed by atoms with Gasteiger partial charge < -0.3 is 15.5 Å². The van der Waals surface area contributed by atoms with Crippen LogP contribution in [-0.4, -0.2) is 42.8 Å². The Kier molecular flexibility index (Phi) is 4.28. The van der Waals surface area contributed by atoms with Gasteiger partial charge in [0.1, 0.15) is 5.84 Å². The maximum atomic E-state index is 11.1. The van der Waals surface area contributed by atoms with Gasteiger partial charge in [-0.15, -0.1) is 0 Å². The summed E-state index contributed by atoms with van der Waals surface area (Å²) in [5.41, 5.74) is 7.75. The van der Waals surface area contributed by atoms with Crippen molar-refractivity contribution in [3.8, 4) is 0 Å². The van der Waals surface area contributed by atoms with Gasteiger partial charge in [0, 0.05) is 43.0 Å². The van der Waals surface area contributed by atoms with E-state index in [-0.39, 0.29) is 0 Å². The third-order valence-electron chi connectivity index (χ3n) is 4.16. The van der Waals surface area contributed by atoms with E-state index in [1.54, 1.807) is 24.3 Å². The standard InChI is InChI=1S/C18H20N4O/c19-17(14-6-8-15(9-7-14)18(20)23)22-12-10-21(11-13-22)16-4-2-1-3-5-16/h1-9,19H,10-13H2,(H2,20,23). The second kappa shape index (κ2) is 6.52. The van der Waals surface area contributed by atoms with Gasteiger partial charge in [-0.05, 0) is 24.3 Å². The summed E-state index contributed by atoms with van der Waals surface area (Å²) in [7, 11) is 0. The van der Waals surface area contributed by atoms with Crippen molar-refractivity contribution < 1.29 is 4.79 Å². The second-order valence-corrected chi connectivity index (χ2v) is 5.60. The number of para-hydroxylation sites is 1. The predicted molar refractivity (Wildman–Crippen MR) is 92.0 cm³/mol. The predicted octanol–water partition coefficient (Wildman–Crippen LogP) is 1.93. The number of primary amides is 1. The molecule has 118 valence electrons. The number of amides is 1. The molecule has 0 bridgehead atoms. The van der Waals surface area contributed by atoms with Crippen LogP contribution in [0, 0.1) is 5.41 Å². The summed E-state index contributed by atoms with van der Waals surface area (Å²) in [6.45, 7) is 3.41. The molecule has 5 nitrogen and oxygen atoms in total. The van der Waals surface area contributed by atoms with E-state index in [2.05, 4.69) is 21.9 Å². The van der Waals surface area contributed by atoms with Crippen molar-refractivity contribution >= 4 is 17.4 Å². The lowest BCUT2D eigenvalue weighted by Gasteiger charge is -2.37. The van der Waals surface area contributed by atoms with E-state index in [4.69, 9.17) is 11.1 Å². The fourth-order valence-corrected chi connectivity index (χ4v) is 2.80. The highest BCUT2D eigenvalue weighted by molar-refractivity contribution is 5.98. The van der Waals surface area contributed by atoms with Gasteiger partial charge in [-0.3, -0.25) is 10.2 Å². The average Bonchev–Trinajstić information content (AvgIpc) is 2.62. The third-order valence-corrected chi connectivity index (χ3v) is 4.16. The van der Waals surface area contributed by atoms with Crippen LogP contribution in [0.4, 0.5) is 5.69 Å². The van der Waals surface area contributed by atoms with Gasteiger partial charge in [0.05, 0.1) is 0 Å². The number of hydrogen-bond donors (Lipinski definition) is 2. The van der Waals surface area contributed by atoms with E-state index < -0.39 is 5.91 Å². The Morgan fingerprint density at radius 2 is 1.43 bits per heavy atom. The van der Waals surface area contributed by atoms with Gasteiger partial charge in [-0.1, -0.05) is 30.3 Å². The van der Waals surface area contributed by atoms with Gasteiger partial charge >= 0.3 is 0 Å². The molecule has 0 spiro atoms. The molecule has 1 heterocycles. The minimum atomic E-state index is -0.445. The van der Waals surface area contributed by atoms with Crippen LogP contribution in [0.15, 0.2) is 54.6 Å². The Bertz CT molecular complexity index is 689. The van der Waals surface area contributed by atoms with E-state index >= 15 is 0 Å². The molecule has 1 amide bonds. The number of nitrogens with zero attached hydrogens (tertiary/aromatic N) is 2. The topological polar surface area (TPSA) is 73.4 Å². The summed E-state index contributed by atoms with van der Waals surface area (Å²) in [6, 6.07) is 17.3. The molecule has 2 aromatic rings. The van der Waals surface area contributed by atoms with Crippen LogP contribution < -0.4 is 10.6 Å². The highest BCUT2D eigenvalue weighted by atomic mass is 16.1. The average molecular weight is 308 g/mol. The van der Waals surface area contributed by atoms with E-state index in [0.717, 1.165) is 31.7 Å². The zero-order chi connectivity index (χ0) is 16.2. The molecule has 0 saturated carbocycles. The summed E-state index contributed by atoms with van der Waals surface area (Å²) in [4.78, 5) is 15.5. The maximum Gasteiger partial charge on any atom is 0.248 e. The number of nitrogens with one attached hydrogen (secondary N) is 1. The highest BCUT2D eigenvalue weighted by Gasteiger charge is 2.20. The molecule has 3 rings (SSSR count). The molecular formula is C18H20N4O. The van der Waals surface area contributed by atoms with Crippen molar-refractivity contribution in [2.45, 2.75) is 0 Å². The molecule has 0 aliphatic carbocycles. The molecule has 0 atom stereocenters. The zero-order valence-corrected chi connectivity index (χ0v) is 12.9. The summed E-state index contributed by atoms with van der Waals surface area (Å²) in [6.07, 6.45) is 0.